The minimum Gasteiger partial charge on any atom is -0.494 e. The van der Waals surface area contributed by atoms with Gasteiger partial charge in [0.05, 0.1) is 22.5 Å². The van der Waals surface area contributed by atoms with Crippen molar-refractivity contribution < 1.29 is 4.74 Å². The van der Waals surface area contributed by atoms with Crippen molar-refractivity contribution in [2.75, 3.05) is 6.61 Å². The second-order valence-electron chi connectivity index (χ2n) is 5.07. The van der Waals surface area contributed by atoms with Gasteiger partial charge in [-0.2, -0.15) is 0 Å². The zero-order chi connectivity index (χ0) is 17.1. The molecule has 0 atom stereocenters. The number of rotatable bonds is 4. The molecular weight excluding hydrogens is 347 g/mol. The summed E-state index contributed by atoms with van der Waals surface area (Å²) in [5, 5.41) is 1.25. The molecule has 0 amide bonds. The molecule has 0 spiro atoms. The SMILES string of the molecule is CCOc1ccc(/C=C(\Cl)c2nc3ccc(Cl)cc3c(=O)[nH]2)cc1. The molecule has 0 unspecified atom stereocenters. The van der Waals surface area contributed by atoms with Crippen molar-refractivity contribution >= 4 is 45.2 Å². The third-order valence-electron chi connectivity index (χ3n) is 3.38. The number of aromatic nitrogens is 2. The van der Waals surface area contributed by atoms with Crippen LogP contribution in [-0.4, -0.2) is 16.6 Å². The largest absolute Gasteiger partial charge is 0.494 e. The Morgan fingerprint density at radius 2 is 2.00 bits per heavy atom. The van der Waals surface area contributed by atoms with E-state index in [1.54, 1.807) is 24.3 Å². The predicted molar refractivity (Wildman–Crippen MR) is 98.7 cm³/mol. The van der Waals surface area contributed by atoms with E-state index in [1.165, 1.54) is 0 Å². The first-order valence-corrected chi connectivity index (χ1v) is 8.12. The second kappa shape index (κ2) is 7.07. The minimum absolute atomic E-state index is 0.282. The van der Waals surface area contributed by atoms with Crippen LogP contribution >= 0.6 is 23.2 Å². The van der Waals surface area contributed by atoms with E-state index in [0.717, 1.165) is 11.3 Å². The fourth-order valence-corrected chi connectivity index (χ4v) is 2.65. The number of halogens is 2. The molecule has 0 bridgehead atoms. The molecule has 0 aliphatic rings. The maximum absolute atomic E-state index is 12.2. The highest BCUT2D eigenvalue weighted by Gasteiger charge is 2.07. The quantitative estimate of drug-likeness (QED) is 0.732. The highest BCUT2D eigenvalue weighted by molar-refractivity contribution is 6.50. The van der Waals surface area contributed by atoms with E-state index in [2.05, 4.69) is 9.97 Å². The lowest BCUT2D eigenvalue weighted by Crippen LogP contribution is -2.10. The Morgan fingerprint density at radius 3 is 2.71 bits per heavy atom. The molecule has 0 saturated carbocycles. The van der Waals surface area contributed by atoms with Crippen LogP contribution in [0.15, 0.2) is 47.3 Å². The summed E-state index contributed by atoms with van der Waals surface area (Å²) in [6.07, 6.45) is 1.73. The number of aromatic amines is 1. The number of hydrogen-bond acceptors (Lipinski definition) is 3. The van der Waals surface area contributed by atoms with Crippen LogP contribution in [0.25, 0.3) is 22.0 Å². The van der Waals surface area contributed by atoms with E-state index in [9.17, 15) is 4.79 Å². The Hall–Kier alpha value is -2.30. The third-order valence-corrected chi connectivity index (χ3v) is 3.90. The summed E-state index contributed by atoms with van der Waals surface area (Å²) >= 11 is 12.2. The lowest BCUT2D eigenvalue weighted by molar-refractivity contribution is 0.340. The molecule has 2 aromatic carbocycles. The van der Waals surface area contributed by atoms with Crippen molar-refractivity contribution in [1.82, 2.24) is 9.97 Å². The highest BCUT2D eigenvalue weighted by Crippen LogP contribution is 2.22. The molecule has 3 rings (SSSR count). The van der Waals surface area contributed by atoms with Crippen LogP contribution in [-0.2, 0) is 0 Å². The monoisotopic (exact) mass is 360 g/mol. The molecule has 0 radical (unpaired) electrons. The van der Waals surface area contributed by atoms with E-state index < -0.39 is 0 Å². The molecule has 4 nitrogen and oxygen atoms in total. The van der Waals surface area contributed by atoms with Gasteiger partial charge in [0.2, 0.25) is 0 Å². The fourth-order valence-electron chi connectivity index (χ4n) is 2.27. The summed E-state index contributed by atoms with van der Waals surface area (Å²) in [6, 6.07) is 12.4. The maximum Gasteiger partial charge on any atom is 0.259 e. The van der Waals surface area contributed by atoms with E-state index in [-0.39, 0.29) is 5.56 Å². The number of fused-ring (bicyclic) bond motifs is 1. The summed E-state index contributed by atoms with van der Waals surface area (Å²) in [7, 11) is 0. The zero-order valence-corrected chi connectivity index (χ0v) is 14.4. The molecule has 24 heavy (non-hydrogen) atoms. The van der Waals surface area contributed by atoms with Gasteiger partial charge in [-0.3, -0.25) is 4.79 Å². The highest BCUT2D eigenvalue weighted by atomic mass is 35.5. The van der Waals surface area contributed by atoms with Gasteiger partial charge >= 0.3 is 0 Å². The van der Waals surface area contributed by atoms with Crippen molar-refractivity contribution in [2.45, 2.75) is 6.92 Å². The molecule has 1 aromatic heterocycles. The smallest absolute Gasteiger partial charge is 0.259 e. The van der Waals surface area contributed by atoms with Crippen LogP contribution in [0.1, 0.15) is 18.3 Å². The van der Waals surface area contributed by atoms with Gasteiger partial charge in [0.15, 0.2) is 5.82 Å². The molecule has 122 valence electrons. The van der Waals surface area contributed by atoms with E-state index in [4.69, 9.17) is 27.9 Å². The van der Waals surface area contributed by atoms with E-state index in [1.807, 2.05) is 31.2 Å². The molecule has 1 heterocycles. The average molecular weight is 361 g/mol. The van der Waals surface area contributed by atoms with Crippen LogP contribution in [0.2, 0.25) is 5.02 Å². The van der Waals surface area contributed by atoms with Crippen LogP contribution in [0.4, 0.5) is 0 Å². The summed E-state index contributed by atoms with van der Waals surface area (Å²) in [5.41, 5.74) is 1.13. The number of nitrogens with zero attached hydrogens (tertiary/aromatic N) is 1. The number of nitrogens with one attached hydrogen (secondary N) is 1. The maximum atomic E-state index is 12.2. The molecule has 6 heteroatoms. The molecule has 0 saturated heterocycles. The summed E-state index contributed by atoms with van der Waals surface area (Å²) < 4.78 is 5.40. The van der Waals surface area contributed by atoms with Crippen molar-refractivity contribution in [1.29, 1.82) is 0 Å². The first kappa shape index (κ1) is 16.6. The number of hydrogen-bond donors (Lipinski definition) is 1. The van der Waals surface area contributed by atoms with Gasteiger partial charge < -0.3 is 9.72 Å². The number of benzene rings is 2. The van der Waals surface area contributed by atoms with Crippen molar-refractivity contribution in [3.63, 3.8) is 0 Å². The van der Waals surface area contributed by atoms with Gasteiger partial charge in [0.25, 0.3) is 5.56 Å². The summed E-state index contributed by atoms with van der Waals surface area (Å²) in [6.45, 7) is 2.54. The Balaban J connectivity index is 1.97. The van der Waals surface area contributed by atoms with Crippen molar-refractivity contribution in [2.24, 2.45) is 0 Å². The van der Waals surface area contributed by atoms with Crippen molar-refractivity contribution in [3.05, 3.63) is 69.2 Å². The van der Waals surface area contributed by atoms with E-state index >= 15 is 0 Å². The zero-order valence-electron chi connectivity index (χ0n) is 12.8. The van der Waals surface area contributed by atoms with Crippen LogP contribution in [0.3, 0.4) is 0 Å². The molecule has 0 fully saturated rings. The van der Waals surface area contributed by atoms with Crippen LogP contribution < -0.4 is 10.3 Å². The van der Waals surface area contributed by atoms with Gasteiger partial charge in [-0.15, -0.1) is 0 Å². The topological polar surface area (TPSA) is 55.0 Å². The van der Waals surface area contributed by atoms with Gasteiger partial charge in [-0.05, 0) is 48.9 Å². The van der Waals surface area contributed by atoms with Crippen LogP contribution in [0.5, 0.6) is 5.75 Å². The Labute approximate surface area is 148 Å². The summed E-state index contributed by atoms with van der Waals surface area (Å²) in [5.74, 6) is 1.10. The van der Waals surface area contributed by atoms with Gasteiger partial charge in [0, 0.05) is 5.02 Å². The lowest BCUT2D eigenvalue weighted by Gasteiger charge is -2.04. The fraction of sp³-hybridized carbons (Fsp3) is 0.111. The molecule has 1 N–H and O–H groups in total. The first-order chi connectivity index (χ1) is 11.6. The molecule has 0 aliphatic carbocycles. The molecule has 3 aromatic rings. The van der Waals surface area contributed by atoms with Gasteiger partial charge in [-0.25, -0.2) is 4.98 Å². The van der Waals surface area contributed by atoms with E-state index in [0.29, 0.717) is 33.4 Å². The average Bonchev–Trinajstić information content (AvgIpc) is 2.57. The Kier molecular flexibility index (Phi) is 4.88. The number of H-pyrrole nitrogens is 1. The molecule has 0 aliphatic heterocycles. The Bertz CT molecular complexity index is 963. The standard InChI is InChI=1S/C18H14Cl2N2O2/c1-2-24-13-6-3-11(4-7-13)9-15(20)17-21-16-8-5-12(19)10-14(16)18(23)22-17/h3-10H,2H2,1H3,(H,21,22,23)/b15-9-. The predicted octanol–water partition coefficient (Wildman–Crippen LogP) is 4.71. The molecular formula is C18H14Cl2N2O2. The van der Waals surface area contributed by atoms with Gasteiger partial charge in [0.1, 0.15) is 5.75 Å². The summed E-state index contributed by atoms with van der Waals surface area (Å²) in [4.78, 5) is 19.2. The normalized spacial score (nSPS) is 11.7. The van der Waals surface area contributed by atoms with Crippen LogP contribution in [0, 0.1) is 0 Å². The third kappa shape index (κ3) is 3.61. The number of ether oxygens (including phenoxy) is 1. The Morgan fingerprint density at radius 1 is 1.25 bits per heavy atom. The van der Waals surface area contributed by atoms with Crippen molar-refractivity contribution in [3.8, 4) is 5.75 Å². The first-order valence-electron chi connectivity index (χ1n) is 7.37. The lowest BCUT2D eigenvalue weighted by atomic mass is 10.2. The second-order valence-corrected chi connectivity index (χ2v) is 5.91. The van der Waals surface area contributed by atoms with Gasteiger partial charge in [-0.1, -0.05) is 35.3 Å². The minimum atomic E-state index is -0.282.